The fourth-order valence-corrected chi connectivity index (χ4v) is 1.60. The fourth-order valence-electron chi connectivity index (χ4n) is 1.60. The fraction of sp³-hybridized carbons (Fsp3) is 0.154. The predicted octanol–water partition coefficient (Wildman–Crippen LogP) is 0.124. The van der Waals surface area contributed by atoms with Gasteiger partial charge >= 0.3 is 12.0 Å². The average Bonchev–Trinajstić information content (AvgIpc) is 2.36. The molecule has 0 amide bonds. The highest BCUT2D eigenvalue weighted by atomic mass is 16.5. The Balaban J connectivity index is 2.49. The highest BCUT2D eigenvalue weighted by Crippen LogP contribution is 2.24. The van der Waals surface area contributed by atoms with Crippen LogP contribution in [0.25, 0.3) is 10.9 Å². The second-order valence-electron chi connectivity index (χ2n) is 3.74. The third-order valence-corrected chi connectivity index (χ3v) is 2.45. The van der Waals surface area contributed by atoms with Crippen LogP contribution in [0.5, 0.6) is 5.75 Å². The number of nitrogens with zero attached hydrogens (tertiary/aromatic N) is 1. The van der Waals surface area contributed by atoms with E-state index in [-0.39, 0.29) is 23.9 Å². The molecule has 5 nitrogen and oxygen atoms in total. The second kappa shape index (κ2) is 4.72. The van der Waals surface area contributed by atoms with Crippen molar-refractivity contribution in [1.82, 2.24) is 4.98 Å². The maximum Gasteiger partial charge on any atom is 0.314 e. The van der Waals surface area contributed by atoms with E-state index in [1.165, 1.54) is 13.0 Å². The number of ether oxygens (including phenoxy) is 1. The average molecular weight is 243 g/mol. The van der Waals surface area contributed by atoms with Crippen LogP contribution in [-0.2, 0) is 16.1 Å². The molecule has 90 valence electrons. The molecular formula is C13H11N2O3+. The van der Waals surface area contributed by atoms with Gasteiger partial charge in [0.15, 0.2) is 5.56 Å². The number of carbonyl (C=O) groups is 1. The Kier molecular flexibility index (Phi) is 3.11. The Labute approximate surface area is 103 Å². The van der Waals surface area contributed by atoms with Gasteiger partial charge in [0.1, 0.15) is 12.4 Å². The van der Waals surface area contributed by atoms with E-state index in [4.69, 9.17) is 10.00 Å². The van der Waals surface area contributed by atoms with Crippen LogP contribution in [0.15, 0.2) is 24.3 Å². The first kappa shape index (κ1) is 11.9. The van der Waals surface area contributed by atoms with Crippen LogP contribution in [0.4, 0.5) is 0 Å². The van der Waals surface area contributed by atoms with E-state index in [0.717, 1.165) is 5.39 Å². The van der Waals surface area contributed by atoms with E-state index in [0.29, 0.717) is 11.2 Å². The highest BCUT2D eigenvalue weighted by molar-refractivity contribution is 5.86. The number of pyridine rings is 1. The molecule has 0 saturated carbocycles. The normalized spacial score (nSPS) is 10.0. The molecule has 1 heterocycles. The summed E-state index contributed by atoms with van der Waals surface area (Å²) >= 11 is 0. The van der Waals surface area contributed by atoms with Crippen molar-refractivity contribution in [1.29, 1.82) is 0 Å². The van der Waals surface area contributed by atoms with Gasteiger partial charge in [0.25, 0.3) is 0 Å². The van der Waals surface area contributed by atoms with Crippen molar-refractivity contribution in [2.24, 2.45) is 0 Å². The molecule has 0 fully saturated rings. The number of nitrogens with one attached hydrogen (secondary N) is 1. The maximum absolute atomic E-state index is 10.7. The van der Waals surface area contributed by atoms with Crippen molar-refractivity contribution >= 4 is 16.9 Å². The molecular weight excluding hydrogens is 232 g/mol. The van der Waals surface area contributed by atoms with Gasteiger partial charge in [-0.2, -0.15) is 0 Å². The molecule has 0 atom stereocenters. The van der Waals surface area contributed by atoms with E-state index >= 15 is 0 Å². The predicted molar refractivity (Wildman–Crippen MR) is 62.8 cm³/mol. The lowest BCUT2D eigenvalue weighted by Gasteiger charge is -2.04. The molecule has 18 heavy (non-hydrogen) atoms. The second-order valence-corrected chi connectivity index (χ2v) is 3.74. The maximum atomic E-state index is 10.7. The minimum atomic E-state index is -0.383. The lowest BCUT2D eigenvalue weighted by Crippen LogP contribution is -2.17. The highest BCUT2D eigenvalue weighted by Gasteiger charge is 2.11. The molecule has 0 aliphatic carbocycles. The van der Waals surface area contributed by atoms with Gasteiger partial charge in [-0.1, -0.05) is 11.3 Å². The number of hydrogen-bond donors (Lipinski definition) is 2. The summed E-state index contributed by atoms with van der Waals surface area (Å²) < 4.78 is 4.85. The van der Waals surface area contributed by atoms with Crippen molar-refractivity contribution in [2.75, 3.05) is 0 Å². The summed E-state index contributed by atoms with van der Waals surface area (Å²) in [6, 6.07) is 8.88. The molecule has 0 saturated heterocycles. The number of hydrogen-bond acceptors (Lipinski definition) is 4. The first-order valence-electron chi connectivity index (χ1n) is 5.29. The number of carbonyl (C=O) groups excluding carboxylic acids is 1. The molecule has 0 unspecified atom stereocenters. The quantitative estimate of drug-likeness (QED) is 0.734. The minimum absolute atomic E-state index is 0.0466. The van der Waals surface area contributed by atoms with Gasteiger partial charge in [-0.05, 0) is 18.2 Å². The molecule has 0 spiro atoms. The van der Waals surface area contributed by atoms with E-state index < -0.39 is 0 Å². The van der Waals surface area contributed by atoms with Gasteiger partial charge in [0.05, 0.1) is 11.2 Å². The number of aromatic hydroxyl groups is 1. The summed E-state index contributed by atoms with van der Waals surface area (Å²) in [5.41, 5.74) is 1.26. The summed E-state index contributed by atoms with van der Waals surface area (Å²) in [5.74, 6) is -0.429. The van der Waals surface area contributed by atoms with Crippen molar-refractivity contribution < 1.29 is 19.9 Å². The van der Waals surface area contributed by atoms with E-state index in [9.17, 15) is 9.90 Å². The zero-order valence-electron chi connectivity index (χ0n) is 9.73. The largest absolute Gasteiger partial charge is 0.506 e. The van der Waals surface area contributed by atoms with Crippen LogP contribution in [0.3, 0.4) is 0 Å². The summed E-state index contributed by atoms with van der Waals surface area (Å²) in [6.07, 6.45) is 0. The zero-order chi connectivity index (χ0) is 13.1. The van der Waals surface area contributed by atoms with Gasteiger partial charge in [0.2, 0.25) is 0 Å². The summed E-state index contributed by atoms with van der Waals surface area (Å²) in [4.78, 5) is 15.0. The van der Waals surface area contributed by atoms with Gasteiger partial charge < -0.3 is 9.84 Å². The Morgan fingerprint density at radius 2 is 2.17 bits per heavy atom. The van der Waals surface area contributed by atoms with E-state index in [2.05, 4.69) is 11.1 Å². The van der Waals surface area contributed by atoms with Crippen LogP contribution in [-0.4, -0.2) is 16.1 Å². The molecule has 2 N–H and O–H groups in total. The van der Waals surface area contributed by atoms with Gasteiger partial charge in [-0.15, -0.1) is 0 Å². The van der Waals surface area contributed by atoms with Gasteiger partial charge in [0, 0.05) is 12.3 Å². The summed E-state index contributed by atoms with van der Waals surface area (Å²) in [7, 11) is 0. The van der Waals surface area contributed by atoms with Crippen molar-refractivity contribution in [3.05, 3.63) is 35.5 Å². The molecule has 1 aromatic carbocycles. The smallest absolute Gasteiger partial charge is 0.314 e. The Bertz CT molecular complexity index is 659. The molecule has 0 aliphatic heterocycles. The standard InChI is InChI=1S/C13H10N2O3/c1-8(16)18-7-10-4-2-9-3-5-12(17)11(6-14)13(9)15-10/h2-5,17H,7H2,1H3/p+1. The molecule has 2 aromatic rings. The first-order chi connectivity index (χ1) is 8.61. The number of aromatic nitrogens is 1. The number of benzene rings is 1. The number of phenols is 1. The molecule has 5 heteroatoms. The minimum Gasteiger partial charge on any atom is -0.506 e. The van der Waals surface area contributed by atoms with E-state index in [1.54, 1.807) is 18.2 Å². The summed E-state index contributed by atoms with van der Waals surface area (Å²) in [5, 5.41) is 17.6. The molecule has 1 aromatic heterocycles. The van der Waals surface area contributed by atoms with Gasteiger partial charge in [-0.25, -0.2) is 4.98 Å². The zero-order valence-corrected chi connectivity index (χ0v) is 9.73. The number of fused-ring (bicyclic) bond motifs is 1. The molecule has 0 aliphatic rings. The SMILES string of the molecule is CC(=O)OCc1ccc2ccc(O)c(C#[NH+])c2n1. The monoisotopic (exact) mass is 243 g/mol. The first-order valence-corrected chi connectivity index (χ1v) is 5.29. The van der Waals surface area contributed by atoms with Crippen LogP contribution < -0.4 is 5.26 Å². The third kappa shape index (κ3) is 2.23. The number of rotatable bonds is 2. The molecule has 0 radical (unpaired) electrons. The van der Waals surface area contributed by atoms with E-state index in [1.807, 2.05) is 0 Å². The summed E-state index contributed by atoms with van der Waals surface area (Å²) in [6.45, 7) is 1.39. The lowest BCUT2D eigenvalue weighted by atomic mass is 10.1. The van der Waals surface area contributed by atoms with Crippen molar-refractivity contribution in [3.8, 4) is 11.8 Å². The van der Waals surface area contributed by atoms with Crippen LogP contribution in [0.2, 0.25) is 0 Å². The van der Waals surface area contributed by atoms with Crippen LogP contribution in [0.1, 0.15) is 18.2 Å². The van der Waals surface area contributed by atoms with Crippen LogP contribution in [0, 0.1) is 6.07 Å². The van der Waals surface area contributed by atoms with Crippen LogP contribution >= 0.6 is 0 Å². The Morgan fingerprint density at radius 1 is 1.44 bits per heavy atom. The topological polar surface area (TPSA) is 83.2 Å². The third-order valence-electron chi connectivity index (χ3n) is 2.45. The molecule has 0 bridgehead atoms. The van der Waals surface area contributed by atoms with Crippen molar-refractivity contribution in [2.45, 2.75) is 13.5 Å². The molecule has 2 rings (SSSR count). The van der Waals surface area contributed by atoms with Gasteiger partial charge in [-0.3, -0.25) is 4.79 Å². The lowest BCUT2D eigenvalue weighted by molar-refractivity contribution is -0.142. The number of esters is 1. The Morgan fingerprint density at radius 3 is 2.83 bits per heavy atom. The number of phenolic OH excluding ortho intramolecular Hbond substituents is 1. The Hall–Kier alpha value is -2.61. The van der Waals surface area contributed by atoms with Crippen molar-refractivity contribution in [3.63, 3.8) is 0 Å².